The molecule has 2 aromatic heterocycles. The third-order valence-electron chi connectivity index (χ3n) is 2.88. The number of rotatable bonds is 2. The monoisotopic (exact) mass is 242 g/mol. The van der Waals surface area contributed by atoms with Crippen molar-refractivity contribution in [3.63, 3.8) is 0 Å². The summed E-state index contributed by atoms with van der Waals surface area (Å²) in [5.74, 6) is -0.969. The van der Waals surface area contributed by atoms with Gasteiger partial charge in [-0.2, -0.15) is 0 Å². The Morgan fingerprint density at radius 1 is 1.44 bits per heavy atom. The topological polar surface area (TPSA) is 79.1 Å². The van der Waals surface area contributed by atoms with Gasteiger partial charge < -0.3 is 14.5 Å². The van der Waals surface area contributed by atoms with Gasteiger partial charge in [0, 0.05) is 5.56 Å². The fourth-order valence-electron chi connectivity index (χ4n) is 2.02. The lowest BCUT2D eigenvalue weighted by Gasteiger charge is -1.98. The predicted octanol–water partition coefficient (Wildman–Crippen LogP) is 2.83. The number of benzene rings is 1. The molecular weight excluding hydrogens is 232 g/mol. The third-order valence-corrected chi connectivity index (χ3v) is 2.88. The van der Waals surface area contributed by atoms with Crippen molar-refractivity contribution >= 4 is 17.1 Å². The number of aromatic nitrogens is 2. The molecule has 1 aromatic carbocycles. The van der Waals surface area contributed by atoms with Crippen molar-refractivity contribution in [1.82, 2.24) is 9.97 Å². The normalized spacial score (nSPS) is 10.9. The molecule has 0 bridgehead atoms. The zero-order valence-electron chi connectivity index (χ0n) is 9.60. The molecule has 0 unspecified atom stereocenters. The number of H-pyrrole nitrogens is 1. The van der Waals surface area contributed by atoms with E-state index in [4.69, 9.17) is 9.52 Å². The number of carboxylic acid groups (broad SMARTS) is 1. The summed E-state index contributed by atoms with van der Waals surface area (Å²) < 4.78 is 5.33. The van der Waals surface area contributed by atoms with Crippen molar-refractivity contribution in [1.29, 1.82) is 0 Å². The van der Waals surface area contributed by atoms with E-state index in [9.17, 15) is 4.79 Å². The van der Waals surface area contributed by atoms with E-state index in [2.05, 4.69) is 9.97 Å². The van der Waals surface area contributed by atoms with E-state index in [0.29, 0.717) is 16.8 Å². The molecule has 2 N–H and O–H groups in total. The molecule has 0 aliphatic carbocycles. The zero-order chi connectivity index (χ0) is 12.7. The number of aromatic carboxylic acids is 1. The number of para-hydroxylation sites is 1. The summed E-state index contributed by atoms with van der Waals surface area (Å²) in [4.78, 5) is 18.0. The molecule has 2 heterocycles. The highest BCUT2D eigenvalue weighted by molar-refractivity contribution is 5.92. The predicted molar refractivity (Wildman–Crippen MR) is 65.5 cm³/mol. The summed E-state index contributed by atoms with van der Waals surface area (Å²) in [6.07, 6.45) is 1.38. The minimum atomic E-state index is -0.969. The molecule has 0 fully saturated rings. The molecule has 90 valence electrons. The van der Waals surface area contributed by atoms with Crippen molar-refractivity contribution in [2.75, 3.05) is 0 Å². The Balaban J connectivity index is 2.23. The number of hydrogen-bond donors (Lipinski definition) is 2. The quantitative estimate of drug-likeness (QED) is 0.724. The Kier molecular flexibility index (Phi) is 2.19. The van der Waals surface area contributed by atoms with Crippen LogP contribution in [0.2, 0.25) is 0 Å². The van der Waals surface area contributed by atoms with Crippen LogP contribution in [0.1, 0.15) is 16.1 Å². The van der Waals surface area contributed by atoms with Crippen LogP contribution in [-0.2, 0) is 0 Å². The summed E-state index contributed by atoms with van der Waals surface area (Å²) in [6.45, 7) is 1.75. The Morgan fingerprint density at radius 3 is 3.00 bits per heavy atom. The highest BCUT2D eigenvalue weighted by atomic mass is 16.4. The maximum absolute atomic E-state index is 11.0. The van der Waals surface area contributed by atoms with Gasteiger partial charge in [-0.1, -0.05) is 6.07 Å². The Labute approximate surface area is 102 Å². The molecular formula is C13H10N2O3. The van der Waals surface area contributed by atoms with Gasteiger partial charge in [0.25, 0.3) is 0 Å². The van der Waals surface area contributed by atoms with Crippen LogP contribution in [0.3, 0.4) is 0 Å². The molecule has 3 aromatic rings. The number of carbonyl (C=O) groups is 1. The van der Waals surface area contributed by atoms with E-state index >= 15 is 0 Å². The first-order chi connectivity index (χ1) is 8.66. The van der Waals surface area contributed by atoms with Crippen LogP contribution in [0, 0.1) is 6.92 Å². The molecule has 0 amide bonds. The zero-order valence-corrected chi connectivity index (χ0v) is 9.60. The summed E-state index contributed by atoms with van der Waals surface area (Å²) in [6, 6.07) is 7.36. The van der Waals surface area contributed by atoms with Crippen LogP contribution in [0.4, 0.5) is 0 Å². The van der Waals surface area contributed by atoms with Gasteiger partial charge in [0.1, 0.15) is 11.2 Å². The van der Waals surface area contributed by atoms with Gasteiger partial charge in [0.2, 0.25) is 0 Å². The van der Waals surface area contributed by atoms with E-state index in [1.807, 2.05) is 18.2 Å². The van der Waals surface area contributed by atoms with E-state index in [1.54, 1.807) is 13.0 Å². The van der Waals surface area contributed by atoms with Crippen molar-refractivity contribution < 1.29 is 14.3 Å². The van der Waals surface area contributed by atoms with Crippen LogP contribution >= 0.6 is 0 Å². The number of hydrogen-bond acceptors (Lipinski definition) is 3. The Hall–Kier alpha value is -2.56. The van der Waals surface area contributed by atoms with Gasteiger partial charge in [0.15, 0.2) is 12.0 Å². The number of nitrogens with zero attached hydrogens (tertiary/aromatic N) is 1. The van der Waals surface area contributed by atoms with E-state index in [0.717, 1.165) is 11.1 Å². The second-order valence-electron chi connectivity index (χ2n) is 4.05. The van der Waals surface area contributed by atoms with Crippen LogP contribution in [0.5, 0.6) is 0 Å². The molecule has 0 spiro atoms. The third kappa shape index (κ3) is 1.48. The fraction of sp³-hybridized carbons (Fsp3) is 0.0769. The molecule has 0 radical (unpaired) electrons. The largest absolute Gasteiger partial charge is 0.477 e. The van der Waals surface area contributed by atoms with Gasteiger partial charge in [0.05, 0.1) is 5.69 Å². The van der Waals surface area contributed by atoms with Crippen molar-refractivity contribution in [3.05, 3.63) is 41.9 Å². The lowest BCUT2D eigenvalue weighted by atomic mass is 10.1. The number of nitrogens with one attached hydrogen (secondary N) is 1. The molecule has 0 atom stereocenters. The lowest BCUT2D eigenvalue weighted by molar-refractivity contribution is 0.0690. The Morgan fingerprint density at radius 2 is 2.28 bits per heavy atom. The second kappa shape index (κ2) is 3.73. The van der Waals surface area contributed by atoms with E-state index in [-0.39, 0.29) is 5.69 Å². The van der Waals surface area contributed by atoms with Crippen molar-refractivity contribution in [2.24, 2.45) is 0 Å². The van der Waals surface area contributed by atoms with Crippen LogP contribution < -0.4 is 0 Å². The molecule has 5 nitrogen and oxygen atoms in total. The van der Waals surface area contributed by atoms with Crippen molar-refractivity contribution in [3.8, 4) is 11.3 Å². The first kappa shape index (κ1) is 10.6. The second-order valence-corrected chi connectivity index (χ2v) is 4.05. The molecule has 5 heteroatoms. The van der Waals surface area contributed by atoms with Crippen LogP contribution in [-0.4, -0.2) is 21.0 Å². The molecule has 3 rings (SSSR count). The van der Waals surface area contributed by atoms with E-state index < -0.39 is 5.97 Å². The SMILES string of the molecule is Cc1cc(-c2cccc3ncoc23)[nH]c1C(=O)O. The number of oxazole rings is 1. The molecule has 0 saturated heterocycles. The maximum Gasteiger partial charge on any atom is 0.352 e. The molecule has 0 aliphatic heterocycles. The van der Waals surface area contributed by atoms with Gasteiger partial charge in [-0.05, 0) is 30.7 Å². The Bertz CT molecular complexity index is 740. The number of aryl methyl sites for hydroxylation is 1. The first-order valence-electron chi connectivity index (χ1n) is 5.42. The molecule has 0 aliphatic rings. The molecule has 18 heavy (non-hydrogen) atoms. The van der Waals surface area contributed by atoms with Crippen LogP contribution in [0.15, 0.2) is 35.1 Å². The summed E-state index contributed by atoms with van der Waals surface area (Å²) in [5, 5.41) is 9.03. The highest BCUT2D eigenvalue weighted by Gasteiger charge is 2.15. The van der Waals surface area contributed by atoms with Gasteiger partial charge in [-0.3, -0.25) is 0 Å². The number of carboxylic acids is 1. The van der Waals surface area contributed by atoms with Gasteiger partial charge >= 0.3 is 5.97 Å². The highest BCUT2D eigenvalue weighted by Crippen LogP contribution is 2.28. The summed E-state index contributed by atoms with van der Waals surface area (Å²) >= 11 is 0. The van der Waals surface area contributed by atoms with Crippen molar-refractivity contribution in [2.45, 2.75) is 6.92 Å². The minimum Gasteiger partial charge on any atom is -0.477 e. The molecule has 0 saturated carbocycles. The van der Waals surface area contributed by atoms with Crippen LogP contribution in [0.25, 0.3) is 22.4 Å². The maximum atomic E-state index is 11.0. The average molecular weight is 242 g/mol. The average Bonchev–Trinajstić information content (AvgIpc) is 2.94. The summed E-state index contributed by atoms with van der Waals surface area (Å²) in [7, 11) is 0. The van der Waals surface area contributed by atoms with Gasteiger partial charge in [-0.25, -0.2) is 9.78 Å². The number of aromatic amines is 1. The lowest BCUT2D eigenvalue weighted by Crippen LogP contribution is -1.98. The fourth-order valence-corrected chi connectivity index (χ4v) is 2.02. The smallest absolute Gasteiger partial charge is 0.352 e. The number of fused-ring (bicyclic) bond motifs is 1. The standard InChI is InChI=1S/C13H10N2O3/c1-7-5-10(15-11(7)13(16)17)8-3-2-4-9-12(8)18-6-14-9/h2-6,15H,1H3,(H,16,17). The first-order valence-corrected chi connectivity index (χ1v) is 5.42. The van der Waals surface area contributed by atoms with Gasteiger partial charge in [-0.15, -0.1) is 0 Å². The minimum absolute atomic E-state index is 0.196. The summed E-state index contributed by atoms with van der Waals surface area (Å²) in [5.41, 5.74) is 3.80. The van der Waals surface area contributed by atoms with E-state index in [1.165, 1.54) is 6.39 Å².